The Morgan fingerprint density at radius 3 is 2.29 bits per heavy atom. The Hall–Kier alpha value is -1.27. The number of likely N-dealkylation sites (N-methyl/N-ethyl adjacent to an activating group) is 1. The molecule has 0 aliphatic carbocycles. The fourth-order valence-corrected chi connectivity index (χ4v) is 2.20. The second-order valence-electron chi connectivity index (χ2n) is 5.77. The minimum atomic E-state index is -0.974. The summed E-state index contributed by atoms with van der Waals surface area (Å²) in [6.07, 6.45) is 0. The number of hydrogen-bond acceptors (Lipinski definition) is 3. The van der Waals surface area contributed by atoms with E-state index >= 15 is 0 Å². The quantitative estimate of drug-likeness (QED) is 0.784. The summed E-state index contributed by atoms with van der Waals surface area (Å²) in [5, 5.41) is 0. The van der Waals surface area contributed by atoms with Gasteiger partial charge < -0.3 is 15.5 Å². The van der Waals surface area contributed by atoms with E-state index in [1.807, 2.05) is 37.7 Å². The van der Waals surface area contributed by atoms with Gasteiger partial charge in [-0.1, -0.05) is 26.1 Å². The standard InChI is InChI=1S/C15H23F2N3S/c1-10(2)9-20(8-7-19(3)4)12-6-5-11(15(18)21)13(16)14(12)17/h5-6,10H,7-9H2,1-4H3,(H2,18,21). The highest BCUT2D eigenvalue weighted by Crippen LogP contribution is 2.25. The number of benzene rings is 1. The van der Waals surface area contributed by atoms with Crippen LogP contribution in [0, 0.1) is 17.6 Å². The molecule has 0 spiro atoms. The number of hydrogen-bond donors (Lipinski definition) is 1. The molecule has 1 aromatic carbocycles. The summed E-state index contributed by atoms with van der Waals surface area (Å²) in [5.74, 6) is -1.52. The van der Waals surface area contributed by atoms with Crippen molar-refractivity contribution in [3.8, 4) is 0 Å². The Morgan fingerprint density at radius 2 is 1.81 bits per heavy atom. The van der Waals surface area contributed by atoms with Crippen LogP contribution in [-0.2, 0) is 0 Å². The summed E-state index contributed by atoms with van der Waals surface area (Å²) in [5.41, 5.74) is 5.59. The molecular formula is C15H23F2N3S. The zero-order chi connectivity index (χ0) is 16.2. The molecule has 0 aliphatic rings. The number of rotatable bonds is 7. The molecule has 118 valence electrons. The van der Waals surface area contributed by atoms with Crippen LogP contribution in [0.5, 0.6) is 0 Å². The monoisotopic (exact) mass is 315 g/mol. The molecule has 0 aromatic heterocycles. The summed E-state index contributed by atoms with van der Waals surface area (Å²) >= 11 is 4.72. The molecule has 0 aliphatic heterocycles. The van der Waals surface area contributed by atoms with Crippen molar-refractivity contribution >= 4 is 22.9 Å². The highest BCUT2D eigenvalue weighted by atomic mass is 32.1. The maximum Gasteiger partial charge on any atom is 0.182 e. The van der Waals surface area contributed by atoms with Gasteiger partial charge in [0.15, 0.2) is 11.6 Å². The van der Waals surface area contributed by atoms with Crippen molar-refractivity contribution in [2.75, 3.05) is 38.6 Å². The first kappa shape index (κ1) is 17.8. The molecule has 0 unspecified atom stereocenters. The Labute approximate surface area is 130 Å². The average Bonchev–Trinajstić information content (AvgIpc) is 2.37. The summed E-state index contributed by atoms with van der Waals surface area (Å²) in [6, 6.07) is 2.99. The van der Waals surface area contributed by atoms with Crippen LogP contribution >= 0.6 is 12.2 Å². The van der Waals surface area contributed by atoms with Crippen LogP contribution in [0.4, 0.5) is 14.5 Å². The Balaban J connectivity index is 3.12. The minimum Gasteiger partial charge on any atom is -0.389 e. The Morgan fingerprint density at radius 1 is 1.19 bits per heavy atom. The van der Waals surface area contributed by atoms with Crippen LogP contribution in [0.15, 0.2) is 12.1 Å². The van der Waals surface area contributed by atoms with Crippen molar-refractivity contribution in [3.05, 3.63) is 29.3 Å². The van der Waals surface area contributed by atoms with Crippen molar-refractivity contribution in [1.29, 1.82) is 0 Å². The molecule has 0 atom stereocenters. The van der Waals surface area contributed by atoms with Crippen molar-refractivity contribution < 1.29 is 8.78 Å². The van der Waals surface area contributed by atoms with Gasteiger partial charge in [-0.15, -0.1) is 0 Å². The molecule has 0 saturated heterocycles. The van der Waals surface area contributed by atoms with Gasteiger partial charge in [-0.25, -0.2) is 8.78 Å². The van der Waals surface area contributed by atoms with Crippen LogP contribution in [0.1, 0.15) is 19.4 Å². The third-order valence-electron chi connectivity index (χ3n) is 3.07. The molecule has 0 amide bonds. The molecule has 0 saturated carbocycles. The van der Waals surface area contributed by atoms with Gasteiger partial charge in [0.2, 0.25) is 0 Å². The van der Waals surface area contributed by atoms with Gasteiger partial charge in [0.25, 0.3) is 0 Å². The molecule has 1 aromatic rings. The second-order valence-corrected chi connectivity index (χ2v) is 6.21. The van der Waals surface area contributed by atoms with Gasteiger partial charge in [0, 0.05) is 25.2 Å². The summed E-state index contributed by atoms with van der Waals surface area (Å²) in [4.78, 5) is 3.72. The molecule has 0 fully saturated rings. The predicted octanol–water partition coefficient (Wildman–Crippen LogP) is 2.62. The lowest BCUT2D eigenvalue weighted by Crippen LogP contribution is -2.35. The fraction of sp³-hybridized carbons (Fsp3) is 0.533. The Bertz CT molecular complexity index is 504. The van der Waals surface area contributed by atoms with E-state index in [1.54, 1.807) is 6.07 Å². The van der Waals surface area contributed by atoms with Crippen LogP contribution in [0.2, 0.25) is 0 Å². The zero-order valence-electron chi connectivity index (χ0n) is 13.0. The highest BCUT2D eigenvalue weighted by Gasteiger charge is 2.19. The van der Waals surface area contributed by atoms with Gasteiger partial charge in [0.05, 0.1) is 5.69 Å². The van der Waals surface area contributed by atoms with E-state index < -0.39 is 11.6 Å². The van der Waals surface area contributed by atoms with Gasteiger partial charge in [-0.05, 0) is 32.1 Å². The summed E-state index contributed by atoms with van der Waals surface area (Å²) in [7, 11) is 3.89. The largest absolute Gasteiger partial charge is 0.389 e. The molecule has 21 heavy (non-hydrogen) atoms. The normalized spacial score (nSPS) is 11.2. The van der Waals surface area contributed by atoms with E-state index in [-0.39, 0.29) is 16.2 Å². The van der Waals surface area contributed by atoms with Crippen LogP contribution in [0.3, 0.4) is 0 Å². The van der Waals surface area contributed by atoms with Gasteiger partial charge in [0.1, 0.15) is 4.99 Å². The third-order valence-corrected chi connectivity index (χ3v) is 3.29. The maximum atomic E-state index is 14.3. The minimum absolute atomic E-state index is 0.0524. The maximum absolute atomic E-state index is 14.3. The van der Waals surface area contributed by atoms with Crippen LogP contribution in [-0.4, -0.2) is 43.6 Å². The number of anilines is 1. The van der Waals surface area contributed by atoms with Crippen molar-refractivity contribution in [1.82, 2.24) is 4.90 Å². The molecule has 1 rings (SSSR count). The first-order valence-electron chi connectivity index (χ1n) is 6.91. The van der Waals surface area contributed by atoms with E-state index in [1.165, 1.54) is 6.07 Å². The van der Waals surface area contributed by atoms with Gasteiger partial charge in [-0.3, -0.25) is 0 Å². The predicted molar refractivity (Wildman–Crippen MR) is 87.9 cm³/mol. The first-order chi connectivity index (χ1) is 9.73. The molecule has 6 heteroatoms. The highest BCUT2D eigenvalue weighted by molar-refractivity contribution is 7.80. The second kappa shape index (κ2) is 7.66. The van der Waals surface area contributed by atoms with Crippen LogP contribution in [0.25, 0.3) is 0 Å². The van der Waals surface area contributed by atoms with Crippen molar-refractivity contribution in [2.24, 2.45) is 11.7 Å². The molecular weight excluding hydrogens is 292 g/mol. The van der Waals surface area contributed by atoms with Crippen molar-refractivity contribution in [2.45, 2.75) is 13.8 Å². The molecule has 2 N–H and O–H groups in total. The van der Waals surface area contributed by atoms with E-state index in [2.05, 4.69) is 0 Å². The fourth-order valence-electron chi connectivity index (χ4n) is 2.05. The Kier molecular flexibility index (Phi) is 6.48. The lowest BCUT2D eigenvalue weighted by molar-refractivity contribution is 0.406. The van der Waals surface area contributed by atoms with Crippen LogP contribution < -0.4 is 10.6 Å². The zero-order valence-corrected chi connectivity index (χ0v) is 13.8. The number of thiocarbonyl (C=S) groups is 1. The summed E-state index contributed by atoms with van der Waals surface area (Å²) < 4.78 is 28.3. The number of nitrogens with two attached hydrogens (primary N) is 1. The number of nitrogens with zero attached hydrogens (tertiary/aromatic N) is 2. The topological polar surface area (TPSA) is 32.5 Å². The summed E-state index contributed by atoms with van der Waals surface area (Å²) in [6.45, 7) is 6.11. The molecule has 0 heterocycles. The number of halogens is 2. The van der Waals surface area contributed by atoms with Crippen molar-refractivity contribution in [3.63, 3.8) is 0 Å². The van der Waals surface area contributed by atoms with E-state index in [0.29, 0.717) is 19.0 Å². The van der Waals surface area contributed by atoms with E-state index in [9.17, 15) is 8.78 Å². The molecule has 0 radical (unpaired) electrons. The van der Waals surface area contributed by atoms with Gasteiger partial charge >= 0.3 is 0 Å². The lowest BCUT2D eigenvalue weighted by Gasteiger charge is -2.28. The smallest absolute Gasteiger partial charge is 0.182 e. The lowest BCUT2D eigenvalue weighted by atomic mass is 10.1. The van der Waals surface area contributed by atoms with Gasteiger partial charge in [-0.2, -0.15) is 0 Å². The SMILES string of the molecule is CC(C)CN(CCN(C)C)c1ccc(C(N)=S)c(F)c1F. The molecule has 0 bridgehead atoms. The molecule has 3 nitrogen and oxygen atoms in total. The first-order valence-corrected chi connectivity index (χ1v) is 7.32. The average molecular weight is 315 g/mol. The third kappa shape index (κ3) is 4.89. The van der Waals surface area contributed by atoms with E-state index in [0.717, 1.165) is 6.54 Å². The van der Waals surface area contributed by atoms with E-state index in [4.69, 9.17) is 18.0 Å².